The predicted molar refractivity (Wildman–Crippen MR) is 109 cm³/mol. The maximum Gasteiger partial charge on any atom is 0.262 e. The van der Waals surface area contributed by atoms with E-state index in [2.05, 4.69) is 10.2 Å². The van der Waals surface area contributed by atoms with E-state index >= 15 is 0 Å². The summed E-state index contributed by atoms with van der Waals surface area (Å²) in [6, 6.07) is 16.4. The predicted octanol–water partition coefficient (Wildman–Crippen LogP) is 3.27. The van der Waals surface area contributed by atoms with Gasteiger partial charge in [0, 0.05) is 18.5 Å². The van der Waals surface area contributed by atoms with E-state index < -0.39 is 6.04 Å². The van der Waals surface area contributed by atoms with Crippen molar-refractivity contribution in [3.63, 3.8) is 0 Å². The summed E-state index contributed by atoms with van der Waals surface area (Å²) in [4.78, 5) is 28.5. The Bertz CT molecular complexity index is 936. The van der Waals surface area contributed by atoms with Crippen molar-refractivity contribution in [2.45, 2.75) is 13.0 Å². The van der Waals surface area contributed by atoms with Crippen LogP contribution in [0.15, 0.2) is 64.8 Å². The van der Waals surface area contributed by atoms with Crippen LogP contribution in [0, 0.1) is 0 Å². The molecule has 6 nitrogen and oxygen atoms in total. The number of amidine groups is 1. The third-order valence-corrected chi connectivity index (χ3v) is 5.79. The molecule has 0 fully saturated rings. The monoisotopic (exact) mass is 378 g/mol. The Labute approximate surface area is 161 Å². The molecule has 0 saturated heterocycles. The quantitative estimate of drug-likeness (QED) is 0.769. The van der Waals surface area contributed by atoms with Crippen LogP contribution in [0.3, 0.4) is 0 Å². The molecule has 0 N–H and O–H groups in total. The third-order valence-electron chi connectivity index (χ3n) is 4.74. The molecule has 0 radical (unpaired) electrons. The van der Waals surface area contributed by atoms with Gasteiger partial charge in [-0.15, -0.1) is 5.10 Å². The zero-order valence-corrected chi connectivity index (χ0v) is 15.8. The van der Waals surface area contributed by atoms with Gasteiger partial charge in [-0.3, -0.25) is 14.5 Å². The molecule has 136 valence electrons. The smallest absolute Gasteiger partial charge is 0.262 e. The number of benzene rings is 2. The highest BCUT2D eigenvalue weighted by Crippen LogP contribution is 2.27. The number of fused-ring (bicyclic) bond motifs is 1. The fourth-order valence-electron chi connectivity index (χ4n) is 3.14. The first kappa shape index (κ1) is 17.5. The fourth-order valence-corrected chi connectivity index (χ4v) is 4.12. The van der Waals surface area contributed by atoms with E-state index in [1.54, 1.807) is 36.0 Å². The summed E-state index contributed by atoms with van der Waals surface area (Å²) in [6.07, 6.45) is 0. The molecule has 1 atom stereocenters. The number of carbonyl (C=O) groups excluding carboxylic acids is 2. The van der Waals surface area contributed by atoms with Gasteiger partial charge >= 0.3 is 0 Å². The summed E-state index contributed by atoms with van der Waals surface area (Å²) in [5.41, 5.74) is 2.63. The van der Waals surface area contributed by atoms with Crippen molar-refractivity contribution in [3.05, 3.63) is 65.7 Å². The van der Waals surface area contributed by atoms with Crippen LogP contribution in [-0.4, -0.2) is 46.4 Å². The lowest BCUT2D eigenvalue weighted by Gasteiger charge is -2.27. The van der Waals surface area contributed by atoms with E-state index in [1.165, 1.54) is 4.90 Å². The highest BCUT2D eigenvalue weighted by molar-refractivity contribution is 8.14. The summed E-state index contributed by atoms with van der Waals surface area (Å²) in [5, 5.41) is 9.43. The number of anilines is 1. The van der Waals surface area contributed by atoms with Crippen LogP contribution >= 0.6 is 11.8 Å². The van der Waals surface area contributed by atoms with Gasteiger partial charge in [0.1, 0.15) is 0 Å². The number of thioether (sulfide) groups is 1. The van der Waals surface area contributed by atoms with E-state index in [9.17, 15) is 9.59 Å². The van der Waals surface area contributed by atoms with Gasteiger partial charge in [0.05, 0.1) is 22.9 Å². The van der Waals surface area contributed by atoms with E-state index in [-0.39, 0.29) is 11.8 Å². The topological polar surface area (TPSA) is 65.3 Å². The lowest BCUT2D eigenvalue weighted by atomic mass is 10.1. The Morgan fingerprint density at radius 2 is 1.56 bits per heavy atom. The Morgan fingerprint density at radius 1 is 0.963 bits per heavy atom. The summed E-state index contributed by atoms with van der Waals surface area (Å²) in [7, 11) is 1.94. The van der Waals surface area contributed by atoms with E-state index in [4.69, 9.17) is 0 Å². The molecule has 0 bridgehead atoms. The van der Waals surface area contributed by atoms with Crippen molar-refractivity contribution in [2.24, 2.45) is 10.2 Å². The lowest BCUT2D eigenvalue weighted by Crippen LogP contribution is -2.44. The fraction of sp³-hybridized carbons (Fsp3) is 0.200. The van der Waals surface area contributed by atoms with E-state index in [0.717, 1.165) is 10.9 Å². The number of hydrogen-bond donors (Lipinski definition) is 0. The van der Waals surface area contributed by atoms with Gasteiger partial charge < -0.3 is 4.90 Å². The van der Waals surface area contributed by atoms with Crippen molar-refractivity contribution in [2.75, 3.05) is 17.7 Å². The molecule has 27 heavy (non-hydrogen) atoms. The first-order valence-corrected chi connectivity index (χ1v) is 9.59. The SMILES string of the molecule is CC(C1=NN=C(N(C)c2ccccc2)SC1)N1C(=O)c2ccccc2C1=O. The maximum atomic E-state index is 12.6. The summed E-state index contributed by atoms with van der Waals surface area (Å²) >= 11 is 1.54. The standard InChI is InChI=1S/C20H18N4O2S/c1-13(24-18(25)15-10-6-7-11-16(15)19(24)26)17-12-27-20(22-21-17)23(2)14-8-4-3-5-9-14/h3-11,13H,12H2,1-2H3. The van der Waals surface area contributed by atoms with Gasteiger partial charge in [-0.2, -0.15) is 5.10 Å². The maximum absolute atomic E-state index is 12.6. The molecule has 2 aliphatic heterocycles. The molecule has 0 aliphatic carbocycles. The summed E-state index contributed by atoms with van der Waals surface area (Å²) < 4.78 is 0. The average Bonchev–Trinajstić information content (AvgIpc) is 2.98. The minimum absolute atomic E-state index is 0.271. The van der Waals surface area contributed by atoms with Gasteiger partial charge in [0.25, 0.3) is 11.8 Å². The Hall–Kier alpha value is -2.93. The first-order valence-electron chi connectivity index (χ1n) is 8.61. The summed E-state index contributed by atoms with van der Waals surface area (Å²) in [5.74, 6) is 0.0314. The molecule has 4 rings (SSSR count). The molecule has 2 aromatic carbocycles. The molecule has 2 aliphatic rings. The van der Waals surface area contributed by atoms with Crippen molar-refractivity contribution in [1.82, 2.24) is 4.90 Å². The van der Waals surface area contributed by atoms with Gasteiger partial charge in [0.2, 0.25) is 0 Å². The van der Waals surface area contributed by atoms with Crippen LogP contribution < -0.4 is 4.90 Å². The van der Waals surface area contributed by atoms with Crippen LogP contribution in [0.2, 0.25) is 0 Å². The van der Waals surface area contributed by atoms with Crippen molar-refractivity contribution < 1.29 is 9.59 Å². The molecule has 2 heterocycles. The van der Waals surface area contributed by atoms with E-state index in [0.29, 0.717) is 22.6 Å². The number of amides is 2. The molecular formula is C20H18N4O2S. The molecule has 2 aromatic rings. The van der Waals surface area contributed by atoms with E-state index in [1.807, 2.05) is 49.2 Å². The number of para-hydroxylation sites is 1. The molecule has 7 heteroatoms. The molecule has 0 saturated carbocycles. The molecule has 1 unspecified atom stereocenters. The summed E-state index contributed by atoms with van der Waals surface area (Å²) in [6.45, 7) is 1.82. The normalized spacial score (nSPS) is 17.3. The van der Waals surface area contributed by atoms with Crippen LogP contribution in [0.5, 0.6) is 0 Å². The second-order valence-corrected chi connectivity index (χ2v) is 7.30. The Balaban J connectivity index is 1.55. The van der Waals surface area contributed by atoms with Crippen molar-refractivity contribution in [3.8, 4) is 0 Å². The highest BCUT2D eigenvalue weighted by Gasteiger charge is 2.40. The highest BCUT2D eigenvalue weighted by atomic mass is 32.2. The number of nitrogens with zero attached hydrogens (tertiary/aromatic N) is 4. The third kappa shape index (κ3) is 3.04. The minimum atomic E-state index is -0.433. The molecule has 2 amide bonds. The molecule has 0 aromatic heterocycles. The average molecular weight is 378 g/mol. The number of hydrogen-bond acceptors (Lipinski definition) is 6. The van der Waals surface area contributed by atoms with Gasteiger partial charge in [-0.05, 0) is 31.2 Å². The number of rotatable bonds is 3. The Morgan fingerprint density at radius 3 is 2.11 bits per heavy atom. The number of imide groups is 1. The van der Waals surface area contributed by atoms with Gasteiger partial charge in [0.15, 0.2) is 5.17 Å². The van der Waals surface area contributed by atoms with Gasteiger partial charge in [-0.1, -0.05) is 42.1 Å². The zero-order valence-electron chi connectivity index (χ0n) is 15.0. The minimum Gasteiger partial charge on any atom is -0.323 e. The molecular weight excluding hydrogens is 360 g/mol. The first-order chi connectivity index (χ1) is 13.1. The van der Waals surface area contributed by atoms with Crippen molar-refractivity contribution in [1.29, 1.82) is 0 Å². The van der Waals surface area contributed by atoms with Crippen LogP contribution in [0.4, 0.5) is 5.69 Å². The van der Waals surface area contributed by atoms with Crippen LogP contribution in [0.1, 0.15) is 27.6 Å². The Kier molecular flexibility index (Phi) is 4.53. The van der Waals surface area contributed by atoms with Crippen molar-refractivity contribution >= 4 is 40.1 Å². The lowest BCUT2D eigenvalue weighted by molar-refractivity contribution is 0.0634. The zero-order chi connectivity index (χ0) is 19.0. The van der Waals surface area contributed by atoms with Crippen LogP contribution in [-0.2, 0) is 0 Å². The van der Waals surface area contributed by atoms with Crippen LogP contribution in [0.25, 0.3) is 0 Å². The number of carbonyl (C=O) groups is 2. The second kappa shape index (κ2) is 7.00. The largest absolute Gasteiger partial charge is 0.323 e. The molecule has 0 spiro atoms. The second-order valence-electron chi connectivity index (χ2n) is 6.36. The van der Waals surface area contributed by atoms with Gasteiger partial charge in [-0.25, -0.2) is 0 Å².